The average Bonchev–Trinajstić information content (AvgIpc) is 2.81. The maximum absolute atomic E-state index is 12.5. The van der Waals surface area contributed by atoms with Crippen molar-refractivity contribution >= 4 is 11.8 Å². The highest BCUT2D eigenvalue weighted by Crippen LogP contribution is 2.22. The summed E-state index contributed by atoms with van der Waals surface area (Å²) in [7, 11) is 0. The minimum atomic E-state index is -0.0370. The van der Waals surface area contributed by atoms with E-state index in [4.69, 9.17) is 9.47 Å². The standard InChI is InChI=1S/C26H34N2O4/c1-4-22-11-5-6-12-23(22)32-19-25(30)28-16-14-27(15-17-28)24(29)13-8-18-31-26-20(2)9-7-10-21(26)3/h5-7,9-12H,4,8,13-19H2,1-3H3. The summed E-state index contributed by atoms with van der Waals surface area (Å²) in [6.45, 7) is 8.89. The van der Waals surface area contributed by atoms with Crippen molar-refractivity contribution in [1.82, 2.24) is 9.80 Å². The summed E-state index contributed by atoms with van der Waals surface area (Å²) in [5, 5.41) is 0. The quantitative estimate of drug-likeness (QED) is 0.559. The van der Waals surface area contributed by atoms with Gasteiger partial charge in [-0.3, -0.25) is 9.59 Å². The van der Waals surface area contributed by atoms with Gasteiger partial charge in [0.25, 0.3) is 5.91 Å². The number of benzene rings is 2. The molecular weight excluding hydrogens is 404 g/mol. The Morgan fingerprint density at radius 2 is 1.47 bits per heavy atom. The van der Waals surface area contributed by atoms with E-state index in [1.54, 1.807) is 4.90 Å². The van der Waals surface area contributed by atoms with Gasteiger partial charge in [-0.25, -0.2) is 0 Å². The number of amides is 2. The predicted octanol–water partition coefficient (Wildman–Crippen LogP) is 3.77. The monoisotopic (exact) mass is 438 g/mol. The van der Waals surface area contributed by atoms with E-state index in [0.29, 0.717) is 45.6 Å². The largest absolute Gasteiger partial charge is 0.493 e. The van der Waals surface area contributed by atoms with Gasteiger partial charge in [0.15, 0.2) is 6.61 Å². The molecule has 1 aliphatic heterocycles. The first-order valence-electron chi connectivity index (χ1n) is 11.4. The Kier molecular flexibility index (Phi) is 8.54. The molecule has 1 saturated heterocycles. The maximum Gasteiger partial charge on any atom is 0.260 e. The molecule has 0 spiro atoms. The second-order valence-corrected chi connectivity index (χ2v) is 8.18. The Bertz CT molecular complexity index is 900. The van der Waals surface area contributed by atoms with Gasteiger partial charge in [0.2, 0.25) is 5.91 Å². The zero-order chi connectivity index (χ0) is 22.9. The lowest BCUT2D eigenvalue weighted by Gasteiger charge is -2.34. The normalized spacial score (nSPS) is 13.7. The molecular formula is C26H34N2O4. The number of carbonyl (C=O) groups excluding carboxylic acids is 2. The molecule has 0 aliphatic carbocycles. The number of para-hydroxylation sites is 2. The Morgan fingerprint density at radius 1 is 0.844 bits per heavy atom. The smallest absolute Gasteiger partial charge is 0.260 e. The maximum atomic E-state index is 12.5. The molecule has 2 amide bonds. The number of ether oxygens (including phenoxy) is 2. The molecule has 6 heteroatoms. The highest BCUT2D eigenvalue weighted by Gasteiger charge is 2.24. The van der Waals surface area contributed by atoms with Crippen LogP contribution in [-0.4, -0.2) is 61.0 Å². The molecule has 1 heterocycles. The van der Waals surface area contributed by atoms with Crippen LogP contribution in [0.1, 0.15) is 36.5 Å². The van der Waals surface area contributed by atoms with E-state index in [2.05, 4.69) is 6.92 Å². The van der Waals surface area contributed by atoms with Crippen molar-refractivity contribution in [2.75, 3.05) is 39.4 Å². The van der Waals surface area contributed by atoms with Gasteiger partial charge in [-0.1, -0.05) is 43.3 Å². The first-order chi connectivity index (χ1) is 15.5. The van der Waals surface area contributed by atoms with Crippen molar-refractivity contribution in [2.45, 2.75) is 40.0 Å². The molecule has 0 atom stereocenters. The summed E-state index contributed by atoms with van der Waals surface area (Å²) in [5.74, 6) is 1.76. The zero-order valence-electron chi connectivity index (χ0n) is 19.4. The number of piperazine rings is 1. The Labute approximate surface area is 191 Å². The van der Waals surface area contributed by atoms with Gasteiger partial charge in [-0.2, -0.15) is 0 Å². The summed E-state index contributed by atoms with van der Waals surface area (Å²) in [5.41, 5.74) is 3.32. The fourth-order valence-corrected chi connectivity index (χ4v) is 3.96. The lowest BCUT2D eigenvalue weighted by atomic mass is 10.1. The Morgan fingerprint density at radius 3 is 2.12 bits per heavy atom. The molecule has 2 aromatic rings. The summed E-state index contributed by atoms with van der Waals surface area (Å²) < 4.78 is 11.6. The van der Waals surface area contributed by atoms with E-state index >= 15 is 0 Å². The van der Waals surface area contributed by atoms with Crippen LogP contribution in [0.3, 0.4) is 0 Å². The molecule has 0 aromatic heterocycles. The fourth-order valence-electron chi connectivity index (χ4n) is 3.96. The molecule has 32 heavy (non-hydrogen) atoms. The SMILES string of the molecule is CCc1ccccc1OCC(=O)N1CCN(C(=O)CCCOc2c(C)cccc2C)CC1. The number of hydrogen-bond acceptors (Lipinski definition) is 4. The average molecular weight is 439 g/mol. The van der Waals surface area contributed by atoms with Crippen molar-refractivity contribution in [1.29, 1.82) is 0 Å². The van der Waals surface area contributed by atoms with Gasteiger partial charge in [0.05, 0.1) is 6.61 Å². The third-order valence-corrected chi connectivity index (χ3v) is 5.88. The third kappa shape index (κ3) is 6.25. The molecule has 1 aliphatic rings. The van der Waals surface area contributed by atoms with E-state index in [1.807, 2.05) is 61.2 Å². The lowest BCUT2D eigenvalue weighted by molar-refractivity contribution is -0.140. The van der Waals surface area contributed by atoms with Crippen LogP contribution in [0.25, 0.3) is 0 Å². The Hall–Kier alpha value is -3.02. The minimum absolute atomic E-state index is 0.0284. The molecule has 0 radical (unpaired) electrons. The van der Waals surface area contributed by atoms with Gasteiger partial charge >= 0.3 is 0 Å². The molecule has 0 saturated carbocycles. The molecule has 172 valence electrons. The number of rotatable bonds is 9. The molecule has 2 aromatic carbocycles. The molecule has 0 bridgehead atoms. The van der Waals surface area contributed by atoms with E-state index in [1.165, 1.54) is 0 Å². The molecule has 6 nitrogen and oxygen atoms in total. The highest BCUT2D eigenvalue weighted by atomic mass is 16.5. The topological polar surface area (TPSA) is 59.1 Å². The van der Waals surface area contributed by atoms with E-state index < -0.39 is 0 Å². The van der Waals surface area contributed by atoms with E-state index in [0.717, 1.165) is 34.6 Å². The van der Waals surface area contributed by atoms with Crippen LogP contribution in [0.15, 0.2) is 42.5 Å². The van der Waals surface area contributed by atoms with Crippen molar-refractivity contribution in [2.24, 2.45) is 0 Å². The van der Waals surface area contributed by atoms with Crippen molar-refractivity contribution in [3.8, 4) is 11.5 Å². The summed E-state index contributed by atoms with van der Waals surface area (Å²) in [6.07, 6.45) is 1.99. The summed E-state index contributed by atoms with van der Waals surface area (Å²) in [4.78, 5) is 28.7. The zero-order valence-corrected chi connectivity index (χ0v) is 19.4. The van der Waals surface area contributed by atoms with Gasteiger partial charge in [0.1, 0.15) is 11.5 Å². The minimum Gasteiger partial charge on any atom is -0.493 e. The molecule has 1 fully saturated rings. The van der Waals surface area contributed by atoms with Crippen molar-refractivity contribution in [3.63, 3.8) is 0 Å². The molecule has 0 unspecified atom stereocenters. The van der Waals surface area contributed by atoms with Crippen LogP contribution in [-0.2, 0) is 16.0 Å². The van der Waals surface area contributed by atoms with Gasteiger partial charge < -0.3 is 19.3 Å². The first-order valence-corrected chi connectivity index (χ1v) is 11.4. The van der Waals surface area contributed by atoms with Crippen LogP contribution in [0.2, 0.25) is 0 Å². The van der Waals surface area contributed by atoms with Crippen LogP contribution in [0, 0.1) is 13.8 Å². The van der Waals surface area contributed by atoms with E-state index in [-0.39, 0.29) is 18.4 Å². The van der Waals surface area contributed by atoms with Crippen LogP contribution in [0.4, 0.5) is 0 Å². The van der Waals surface area contributed by atoms with Crippen LogP contribution in [0.5, 0.6) is 11.5 Å². The number of nitrogens with zero attached hydrogens (tertiary/aromatic N) is 2. The summed E-state index contributed by atoms with van der Waals surface area (Å²) >= 11 is 0. The van der Waals surface area contributed by atoms with Crippen LogP contribution >= 0.6 is 0 Å². The molecule has 0 N–H and O–H groups in total. The number of aryl methyl sites for hydroxylation is 3. The van der Waals surface area contributed by atoms with Crippen LogP contribution < -0.4 is 9.47 Å². The predicted molar refractivity (Wildman–Crippen MR) is 125 cm³/mol. The third-order valence-electron chi connectivity index (χ3n) is 5.88. The van der Waals surface area contributed by atoms with Gasteiger partial charge in [-0.05, 0) is 49.4 Å². The van der Waals surface area contributed by atoms with Crippen molar-refractivity contribution < 1.29 is 19.1 Å². The fraction of sp³-hybridized carbons (Fsp3) is 0.462. The van der Waals surface area contributed by atoms with E-state index in [9.17, 15) is 9.59 Å². The lowest BCUT2D eigenvalue weighted by Crippen LogP contribution is -2.51. The second-order valence-electron chi connectivity index (χ2n) is 8.18. The Balaban J connectivity index is 1.36. The number of hydrogen-bond donors (Lipinski definition) is 0. The summed E-state index contributed by atoms with van der Waals surface area (Å²) in [6, 6.07) is 13.9. The van der Waals surface area contributed by atoms with Crippen molar-refractivity contribution in [3.05, 3.63) is 59.2 Å². The second kappa shape index (κ2) is 11.6. The number of carbonyl (C=O) groups is 2. The van der Waals surface area contributed by atoms with Gasteiger partial charge in [-0.15, -0.1) is 0 Å². The first kappa shape index (κ1) is 23.6. The molecule has 3 rings (SSSR count). The highest BCUT2D eigenvalue weighted by molar-refractivity contribution is 5.79. The van der Waals surface area contributed by atoms with Gasteiger partial charge in [0, 0.05) is 32.6 Å².